The van der Waals surface area contributed by atoms with Crippen LogP contribution in [0.1, 0.15) is 32.6 Å². The summed E-state index contributed by atoms with van der Waals surface area (Å²) >= 11 is 0. The van der Waals surface area contributed by atoms with Crippen molar-refractivity contribution in [2.75, 3.05) is 6.61 Å². The summed E-state index contributed by atoms with van der Waals surface area (Å²) in [6, 6.07) is -0.311. The maximum Gasteiger partial charge on any atom is 0.387 e. The summed E-state index contributed by atoms with van der Waals surface area (Å²) in [5.74, 6) is -3.03. The number of nitrogens with zero attached hydrogens (tertiary/aromatic N) is 2. The van der Waals surface area contributed by atoms with Crippen molar-refractivity contribution in [1.82, 2.24) is 14.9 Å². The Balaban J connectivity index is 1.63. The molecule has 8 nitrogen and oxygen atoms in total. The third-order valence-electron chi connectivity index (χ3n) is 5.04. The zero-order valence-corrected chi connectivity index (χ0v) is 17.0. The van der Waals surface area contributed by atoms with E-state index in [-0.39, 0.29) is 35.3 Å². The van der Waals surface area contributed by atoms with Crippen molar-refractivity contribution >= 4 is 17.1 Å². The number of amides is 2. The Kier molecular flexibility index (Phi) is 7.08. The number of carbonyl (C=O) groups is 1. The van der Waals surface area contributed by atoms with Gasteiger partial charge >= 0.3 is 12.6 Å². The number of benzene rings is 1. The van der Waals surface area contributed by atoms with E-state index in [1.165, 1.54) is 11.6 Å². The number of rotatable bonds is 8. The first-order valence-corrected chi connectivity index (χ1v) is 9.79. The Labute approximate surface area is 175 Å². The van der Waals surface area contributed by atoms with E-state index in [0.29, 0.717) is 38.4 Å². The molecule has 172 valence electrons. The standard InChI is InChI=1S/C19H24F4N4O4/c1-9(25-18(24)28)8-29-10-3-5-11(6-4-10)30-19-26-15-12(20)7-13(31-17(22)23)14(21)16(15)27(19)2/h7,9-11,17H,3-6,8H2,1-2H3,(H3,24,25,28)/t9-,10-,11-/m0/s1. The number of fused-ring (bicyclic) bond motifs is 1. The number of halogens is 4. The molecule has 1 heterocycles. The topological polar surface area (TPSA) is 101 Å². The quantitative estimate of drug-likeness (QED) is 0.604. The van der Waals surface area contributed by atoms with E-state index in [9.17, 15) is 22.4 Å². The summed E-state index contributed by atoms with van der Waals surface area (Å²) in [6.07, 6.45) is 2.35. The third-order valence-corrected chi connectivity index (χ3v) is 5.04. The molecule has 0 radical (unpaired) electrons. The van der Waals surface area contributed by atoms with Crippen LogP contribution in [0.25, 0.3) is 11.0 Å². The second-order valence-corrected chi connectivity index (χ2v) is 7.46. The van der Waals surface area contributed by atoms with Crippen LogP contribution in [0.2, 0.25) is 0 Å². The fourth-order valence-corrected chi connectivity index (χ4v) is 3.58. The third kappa shape index (κ3) is 5.49. The number of carbonyl (C=O) groups excluding carboxylic acids is 1. The second kappa shape index (κ2) is 9.58. The SMILES string of the molecule is C[C@@H](CO[C@H]1CC[C@H](Oc2nc3c(F)cc(OC(F)F)c(F)c3n2C)CC1)NC(N)=O. The van der Waals surface area contributed by atoms with Crippen LogP contribution in [0.3, 0.4) is 0 Å². The first-order valence-electron chi connectivity index (χ1n) is 9.79. The van der Waals surface area contributed by atoms with Crippen molar-refractivity contribution in [2.24, 2.45) is 12.8 Å². The van der Waals surface area contributed by atoms with E-state index in [4.69, 9.17) is 15.2 Å². The highest BCUT2D eigenvalue weighted by Crippen LogP contribution is 2.33. The fourth-order valence-electron chi connectivity index (χ4n) is 3.58. The Morgan fingerprint density at radius 3 is 2.55 bits per heavy atom. The fraction of sp³-hybridized carbons (Fsp3) is 0.579. The number of ether oxygens (including phenoxy) is 3. The first kappa shape index (κ1) is 22.9. The highest BCUT2D eigenvalue weighted by Gasteiger charge is 2.27. The molecular formula is C19H24F4N4O4. The summed E-state index contributed by atoms with van der Waals surface area (Å²) in [4.78, 5) is 14.8. The lowest BCUT2D eigenvalue weighted by Crippen LogP contribution is -2.40. The molecule has 12 heteroatoms. The van der Waals surface area contributed by atoms with Gasteiger partial charge in [-0.25, -0.2) is 13.6 Å². The lowest BCUT2D eigenvalue weighted by Gasteiger charge is -2.29. The molecule has 0 spiro atoms. The monoisotopic (exact) mass is 448 g/mol. The molecule has 1 atom stereocenters. The molecule has 0 unspecified atom stereocenters. The van der Waals surface area contributed by atoms with Gasteiger partial charge in [0.05, 0.1) is 18.8 Å². The number of hydrogen-bond donors (Lipinski definition) is 2. The van der Waals surface area contributed by atoms with Crippen LogP contribution in [-0.2, 0) is 11.8 Å². The van der Waals surface area contributed by atoms with Gasteiger partial charge in [-0.2, -0.15) is 13.8 Å². The number of aryl methyl sites for hydroxylation is 1. The number of alkyl halides is 2. The summed E-state index contributed by atoms with van der Waals surface area (Å²) < 4.78 is 70.5. The zero-order valence-electron chi connectivity index (χ0n) is 17.0. The van der Waals surface area contributed by atoms with E-state index < -0.39 is 30.0 Å². The molecule has 1 aliphatic rings. The molecule has 0 saturated heterocycles. The van der Waals surface area contributed by atoms with E-state index >= 15 is 0 Å². The van der Waals surface area contributed by atoms with Gasteiger partial charge in [0.15, 0.2) is 17.4 Å². The Morgan fingerprint density at radius 2 is 1.94 bits per heavy atom. The molecule has 1 saturated carbocycles. The minimum absolute atomic E-state index is 0.0126. The maximum absolute atomic E-state index is 14.6. The Bertz CT molecular complexity index is 932. The molecule has 1 fully saturated rings. The van der Waals surface area contributed by atoms with E-state index in [0.717, 1.165) is 0 Å². The Hall–Kier alpha value is -2.76. The number of primary amides is 1. The van der Waals surface area contributed by atoms with E-state index in [1.807, 2.05) is 0 Å². The summed E-state index contributed by atoms with van der Waals surface area (Å²) in [5.41, 5.74) is 4.41. The second-order valence-electron chi connectivity index (χ2n) is 7.46. The molecule has 0 aliphatic heterocycles. The van der Waals surface area contributed by atoms with E-state index in [1.54, 1.807) is 6.92 Å². The van der Waals surface area contributed by atoms with Crippen LogP contribution in [0.5, 0.6) is 11.8 Å². The van der Waals surface area contributed by atoms with Gasteiger partial charge in [-0.05, 0) is 32.6 Å². The lowest BCUT2D eigenvalue weighted by molar-refractivity contribution is -0.0521. The predicted octanol–water partition coefficient (Wildman–Crippen LogP) is 3.22. The molecule has 3 rings (SSSR count). The number of nitrogens with two attached hydrogens (primary N) is 1. The zero-order chi connectivity index (χ0) is 22.7. The number of urea groups is 1. The summed E-state index contributed by atoms with van der Waals surface area (Å²) in [6.45, 7) is -1.19. The number of aromatic nitrogens is 2. The van der Waals surface area contributed by atoms with Crippen molar-refractivity contribution in [2.45, 2.75) is 57.5 Å². The molecule has 0 bridgehead atoms. The van der Waals surface area contributed by atoms with Gasteiger partial charge < -0.3 is 25.3 Å². The Morgan fingerprint density at radius 1 is 1.29 bits per heavy atom. The first-order chi connectivity index (χ1) is 14.7. The number of hydrogen-bond acceptors (Lipinski definition) is 5. The molecule has 1 aromatic carbocycles. The van der Waals surface area contributed by atoms with Crippen molar-refractivity contribution in [3.8, 4) is 11.8 Å². The molecule has 2 amide bonds. The molecule has 31 heavy (non-hydrogen) atoms. The van der Waals surface area contributed by atoms with Gasteiger partial charge in [0.1, 0.15) is 17.1 Å². The summed E-state index contributed by atoms with van der Waals surface area (Å²) in [5, 5.41) is 2.53. The van der Waals surface area contributed by atoms with Gasteiger partial charge in [0, 0.05) is 13.1 Å². The highest BCUT2D eigenvalue weighted by atomic mass is 19.3. The molecule has 1 aliphatic carbocycles. The largest absolute Gasteiger partial charge is 0.461 e. The van der Waals surface area contributed by atoms with Gasteiger partial charge in [-0.3, -0.25) is 4.57 Å². The smallest absolute Gasteiger partial charge is 0.387 e. The van der Waals surface area contributed by atoms with Gasteiger partial charge in [0.25, 0.3) is 6.01 Å². The van der Waals surface area contributed by atoms with Crippen LogP contribution in [0.4, 0.5) is 22.4 Å². The van der Waals surface area contributed by atoms with Crippen LogP contribution < -0.4 is 20.5 Å². The number of nitrogens with one attached hydrogen (secondary N) is 1. The molecule has 3 N–H and O–H groups in total. The predicted molar refractivity (Wildman–Crippen MR) is 102 cm³/mol. The van der Waals surface area contributed by atoms with Crippen molar-refractivity contribution in [3.05, 3.63) is 17.7 Å². The van der Waals surface area contributed by atoms with Crippen LogP contribution in [0, 0.1) is 11.6 Å². The van der Waals surface area contributed by atoms with Gasteiger partial charge in [-0.1, -0.05) is 0 Å². The van der Waals surface area contributed by atoms with E-state index in [2.05, 4.69) is 15.0 Å². The van der Waals surface area contributed by atoms with Crippen LogP contribution >= 0.6 is 0 Å². The van der Waals surface area contributed by atoms with Gasteiger partial charge in [-0.15, -0.1) is 0 Å². The van der Waals surface area contributed by atoms with Gasteiger partial charge in [0.2, 0.25) is 0 Å². The minimum Gasteiger partial charge on any atom is -0.461 e. The average molecular weight is 448 g/mol. The van der Waals surface area contributed by atoms with Crippen LogP contribution in [0.15, 0.2) is 6.07 Å². The average Bonchev–Trinajstić information content (AvgIpc) is 3.01. The molecule has 1 aromatic heterocycles. The van der Waals surface area contributed by atoms with Crippen molar-refractivity contribution in [1.29, 1.82) is 0 Å². The minimum atomic E-state index is -3.29. The van der Waals surface area contributed by atoms with Crippen molar-refractivity contribution in [3.63, 3.8) is 0 Å². The highest BCUT2D eigenvalue weighted by molar-refractivity contribution is 5.80. The summed E-state index contributed by atoms with van der Waals surface area (Å²) in [7, 11) is 1.40. The van der Waals surface area contributed by atoms with Crippen LogP contribution in [-0.4, -0.2) is 47.1 Å². The molecule has 2 aromatic rings. The molecular weight excluding hydrogens is 424 g/mol. The normalized spacial score (nSPS) is 20.1. The maximum atomic E-state index is 14.6. The van der Waals surface area contributed by atoms with Crippen molar-refractivity contribution < 1.29 is 36.6 Å². The number of imidazole rings is 1. The lowest BCUT2D eigenvalue weighted by atomic mass is 9.95.